The maximum absolute atomic E-state index is 12.1. The summed E-state index contributed by atoms with van der Waals surface area (Å²) in [7, 11) is -3.50. The van der Waals surface area contributed by atoms with E-state index in [0.717, 1.165) is 35.5 Å². The first-order valence-corrected chi connectivity index (χ1v) is 12.8. The zero-order valence-corrected chi connectivity index (χ0v) is 19.1. The SMILES string of the molecule is O=C(CCCCCN=C1NS(=O)(=O)c2ccccc21)NCc1nc(-c2ccccc2)cs1. The van der Waals surface area contributed by atoms with Crippen LogP contribution >= 0.6 is 11.3 Å². The number of thiazole rings is 1. The van der Waals surface area contributed by atoms with Crippen molar-refractivity contribution < 1.29 is 13.2 Å². The van der Waals surface area contributed by atoms with Crippen LogP contribution in [-0.4, -0.2) is 31.7 Å². The number of hydrogen-bond acceptors (Lipinski definition) is 6. The topological polar surface area (TPSA) is 101 Å². The first-order chi connectivity index (χ1) is 15.5. The first-order valence-electron chi connectivity index (χ1n) is 10.5. The molecule has 1 amide bonds. The number of carbonyl (C=O) groups is 1. The molecule has 2 heterocycles. The predicted octanol–water partition coefficient (Wildman–Crippen LogP) is 3.73. The van der Waals surface area contributed by atoms with E-state index >= 15 is 0 Å². The van der Waals surface area contributed by atoms with Crippen LogP contribution in [0.25, 0.3) is 11.3 Å². The van der Waals surface area contributed by atoms with E-state index in [-0.39, 0.29) is 10.8 Å². The number of nitrogens with zero attached hydrogens (tertiary/aromatic N) is 2. The molecule has 0 aliphatic carbocycles. The number of sulfonamides is 1. The van der Waals surface area contributed by atoms with E-state index < -0.39 is 10.0 Å². The highest BCUT2D eigenvalue weighted by atomic mass is 32.2. The van der Waals surface area contributed by atoms with Gasteiger partial charge in [-0.15, -0.1) is 11.3 Å². The number of nitrogens with one attached hydrogen (secondary N) is 2. The third-order valence-corrected chi connectivity index (χ3v) is 7.30. The molecule has 0 atom stereocenters. The maximum atomic E-state index is 12.1. The van der Waals surface area contributed by atoms with Gasteiger partial charge in [-0.2, -0.15) is 0 Å². The quantitative estimate of drug-likeness (QED) is 0.467. The van der Waals surface area contributed by atoms with E-state index in [1.807, 2.05) is 35.7 Å². The van der Waals surface area contributed by atoms with Gasteiger partial charge in [0.25, 0.3) is 10.0 Å². The minimum Gasteiger partial charge on any atom is -0.350 e. The number of amides is 1. The molecule has 0 saturated carbocycles. The molecule has 2 aromatic carbocycles. The summed E-state index contributed by atoms with van der Waals surface area (Å²) in [5, 5.41) is 5.81. The molecule has 0 radical (unpaired) electrons. The molecule has 0 spiro atoms. The number of hydrogen-bond donors (Lipinski definition) is 2. The summed E-state index contributed by atoms with van der Waals surface area (Å²) in [5.74, 6) is 0.405. The predicted molar refractivity (Wildman–Crippen MR) is 126 cm³/mol. The number of aromatic nitrogens is 1. The number of unbranched alkanes of at least 4 members (excludes halogenated alkanes) is 2. The van der Waals surface area contributed by atoms with Gasteiger partial charge in [-0.05, 0) is 25.0 Å². The molecular formula is C23H24N4O3S2. The molecule has 3 aromatic rings. The zero-order valence-electron chi connectivity index (χ0n) is 17.5. The lowest BCUT2D eigenvalue weighted by molar-refractivity contribution is -0.121. The summed E-state index contributed by atoms with van der Waals surface area (Å²) >= 11 is 1.54. The highest BCUT2D eigenvalue weighted by Gasteiger charge is 2.29. The second kappa shape index (κ2) is 10.1. The van der Waals surface area contributed by atoms with Crippen molar-refractivity contribution in [3.8, 4) is 11.3 Å². The number of fused-ring (bicyclic) bond motifs is 1. The molecule has 0 bridgehead atoms. The van der Waals surface area contributed by atoms with Crippen LogP contribution in [0, 0.1) is 0 Å². The molecule has 0 unspecified atom stereocenters. The number of benzene rings is 2. The van der Waals surface area contributed by atoms with Gasteiger partial charge in [0.05, 0.1) is 17.1 Å². The fraction of sp³-hybridized carbons (Fsp3) is 0.261. The summed E-state index contributed by atoms with van der Waals surface area (Å²) in [6.07, 6.45) is 2.83. The Morgan fingerprint density at radius 3 is 2.66 bits per heavy atom. The largest absolute Gasteiger partial charge is 0.350 e. The minimum atomic E-state index is -3.50. The van der Waals surface area contributed by atoms with Crippen molar-refractivity contribution in [2.75, 3.05) is 6.54 Å². The molecular weight excluding hydrogens is 444 g/mol. The van der Waals surface area contributed by atoms with Crippen LogP contribution in [-0.2, 0) is 21.4 Å². The van der Waals surface area contributed by atoms with Gasteiger partial charge in [0.15, 0.2) is 0 Å². The van der Waals surface area contributed by atoms with Gasteiger partial charge < -0.3 is 5.32 Å². The average Bonchev–Trinajstić information content (AvgIpc) is 3.38. The number of carbonyl (C=O) groups excluding carboxylic acids is 1. The molecule has 1 aromatic heterocycles. The van der Waals surface area contributed by atoms with Crippen LogP contribution < -0.4 is 10.0 Å². The summed E-state index contributed by atoms with van der Waals surface area (Å²) < 4.78 is 26.6. The van der Waals surface area contributed by atoms with Crippen molar-refractivity contribution in [2.24, 2.45) is 4.99 Å². The van der Waals surface area contributed by atoms with E-state index in [2.05, 4.69) is 20.0 Å². The van der Waals surface area contributed by atoms with Gasteiger partial charge >= 0.3 is 0 Å². The van der Waals surface area contributed by atoms with Gasteiger partial charge in [-0.3, -0.25) is 14.5 Å². The molecule has 4 rings (SSSR count). The maximum Gasteiger partial charge on any atom is 0.263 e. The van der Waals surface area contributed by atoms with Crippen molar-refractivity contribution in [1.82, 2.24) is 15.0 Å². The van der Waals surface area contributed by atoms with Crippen LogP contribution in [0.2, 0.25) is 0 Å². The van der Waals surface area contributed by atoms with Crippen LogP contribution in [0.3, 0.4) is 0 Å². The normalized spacial score (nSPS) is 15.3. The van der Waals surface area contributed by atoms with Crippen LogP contribution in [0.4, 0.5) is 0 Å². The summed E-state index contributed by atoms with van der Waals surface area (Å²) in [5.41, 5.74) is 2.61. The van der Waals surface area contributed by atoms with Crippen LogP contribution in [0.5, 0.6) is 0 Å². The van der Waals surface area contributed by atoms with E-state index in [1.165, 1.54) is 11.3 Å². The zero-order chi connectivity index (χ0) is 22.4. The Morgan fingerprint density at radius 2 is 1.81 bits per heavy atom. The second-order valence-electron chi connectivity index (χ2n) is 7.41. The van der Waals surface area contributed by atoms with E-state index in [1.54, 1.807) is 24.3 Å². The third kappa shape index (κ3) is 5.41. The van der Waals surface area contributed by atoms with Crippen molar-refractivity contribution in [1.29, 1.82) is 0 Å². The molecule has 1 aliphatic rings. The second-order valence-corrected chi connectivity index (χ2v) is 10.0. The Labute approximate surface area is 191 Å². The Kier molecular flexibility index (Phi) is 6.96. The number of aliphatic imine (C=N–C) groups is 1. The van der Waals surface area contributed by atoms with Gasteiger partial charge in [-0.25, -0.2) is 13.4 Å². The first kappa shape index (κ1) is 22.2. The Hall–Kier alpha value is -3.04. The minimum absolute atomic E-state index is 0.00487. The molecule has 0 fully saturated rings. The number of rotatable bonds is 9. The highest BCUT2D eigenvalue weighted by Crippen LogP contribution is 2.23. The fourth-order valence-corrected chi connectivity index (χ4v) is 5.41. The van der Waals surface area contributed by atoms with Gasteiger partial charge in [0.2, 0.25) is 5.91 Å². The van der Waals surface area contributed by atoms with Gasteiger partial charge in [0, 0.05) is 29.5 Å². The van der Waals surface area contributed by atoms with Crippen LogP contribution in [0.1, 0.15) is 36.3 Å². The molecule has 9 heteroatoms. The van der Waals surface area contributed by atoms with Crippen LogP contribution in [0.15, 0.2) is 69.9 Å². The number of amidine groups is 1. The monoisotopic (exact) mass is 468 g/mol. The smallest absolute Gasteiger partial charge is 0.263 e. The molecule has 0 saturated heterocycles. The summed E-state index contributed by atoms with van der Waals surface area (Å²) in [6, 6.07) is 16.8. The lowest BCUT2D eigenvalue weighted by Crippen LogP contribution is -2.22. The van der Waals surface area contributed by atoms with Crippen molar-refractivity contribution in [2.45, 2.75) is 37.1 Å². The Bertz CT molecular complexity index is 1220. The van der Waals surface area contributed by atoms with E-state index in [4.69, 9.17) is 0 Å². The van der Waals surface area contributed by atoms with Crippen molar-refractivity contribution in [3.05, 3.63) is 70.5 Å². The highest BCUT2D eigenvalue weighted by molar-refractivity contribution is 7.90. The van der Waals surface area contributed by atoms with Gasteiger partial charge in [-0.1, -0.05) is 48.9 Å². The van der Waals surface area contributed by atoms with Crippen molar-refractivity contribution in [3.63, 3.8) is 0 Å². The summed E-state index contributed by atoms with van der Waals surface area (Å²) in [6.45, 7) is 0.943. The lowest BCUT2D eigenvalue weighted by atomic mass is 10.2. The average molecular weight is 469 g/mol. The summed E-state index contributed by atoms with van der Waals surface area (Å²) in [4.78, 5) is 21.4. The molecule has 166 valence electrons. The third-order valence-electron chi connectivity index (χ3n) is 5.05. The van der Waals surface area contributed by atoms with Crippen molar-refractivity contribution >= 4 is 33.1 Å². The van der Waals surface area contributed by atoms with E-state index in [9.17, 15) is 13.2 Å². The fourth-order valence-electron chi connectivity index (χ4n) is 3.41. The molecule has 32 heavy (non-hydrogen) atoms. The van der Waals surface area contributed by atoms with E-state index in [0.29, 0.717) is 30.9 Å². The Morgan fingerprint density at radius 1 is 1.03 bits per heavy atom. The molecule has 7 nitrogen and oxygen atoms in total. The standard InChI is InChI=1S/C23H24N4O3S2/c28-21(25-15-22-26-19(16-31-22)17-9-3-1-4-10-17)13-5-2-8-14-24-23-18-11-6-7-12-20(18)32(29,30)27-23/h1,3-4,6-7,9-12,16H,2,5,8,13-15H2,(H,24,27)(H,25,28). The molecule has 2 N–H and O–H groups in total. The lowest BCUT2D eigenvalue weighted by Gasteiger charge is -2.03. The molecule has 1 aliphatic heterocycles. The Balaban J connectivity index is 1.15. The van der Waals surface area contributed by atoms with Gasteiger partial charge in [0.1, 0.15) is 10.8 Å².